The highest BCUT2D eigenvalue weighted by atomic mass is 127. The van der Waals surface area contributed by atoms with Crippen molar-refractivity contribution >= 4 is 41.9 Å². The summed E-state index contributed by atoms with van der Waals surface area (Å²) in [6.07, 6.45) is -0.259. The number of benzene rings is 1. The number of rotatable bonds is 3. The number of hydrogen-bond donors (Lipinski definition) is 2. The Bertz CT molecular complexity index is 760. The minimum Gasteiger partial charge on any atom is -0.444 e. The van der Waals surface area contributed by atoms with Crippen LogP contribution in [0.2, 0.25) is 0 Å². The zero-order valence-corrected chi connectivity index (χ0v) is 19.7. The maximum atomic E-state index is 12.3. The molecule has 2 aliphatic heterocycles. The van der Waals surface area contributed by atoms with E-state index in [9.17, 15) is 9.59 Å². The van der Waals surface area contributed by atoms with Crippen LogP contribution in [-0.2, 0) is 11.3 Å². The monoisotopic (exact) mass is 515 g/mol. The van der Waals surface area contributed by atoms with Gasteiger partial charge in [0.05, 0.1) is 12.6 Å². The number of amides is 2. The summed E-state index contributed by atoms with van der Waals surface area (Å²) in [6.45, 7) is 8.89. The molecular weight excluding hydrogens is 485 g/mol. The largest absolute Gasteiger partial charge is 0.444 e. The molecule has 3 rings (SSSR count). The van der Waals surface area contributed by atoms with Crippen LogP contribution in [0, 0.1) is 0 Å². The molecular formula is C20H30IN5O3. The molecule has 160 valence electrons. The van der Waals surface area contributed by atoms with Crippen molar-refractivity contribution in [2.45, 2.75) is 39.0 Å². The molecule has 1 aromatic carbocycles. The molecule has 2 N–H and O–H groups in total. The van der Waals surface area contributed by atoms with Gasteiger partial charge in [-0.3, -0.25) is 9.79 Å². The van der Waals surface area contributed by atoms with Crippen molar-refractivity contribution in [2.24, 2.45) is 4.99 Å². The van der Waals surface area contributed by atoms with E-state index in [1.54, 1.807) is 11.9 Å². The number of fused-ring (bicyclic) bond motifs is 1. The van der Waals surface area contributed by atoms with E-state index >= 15 is 0 Å². The summed E-state index contributed by atoms with van der Waals surface area (Å²) in [5.74, 6) is 0.773. The summed E-state index contributed by atoms with van der Waals surface area (Å²) >= 11 is 0. The van der Waals surface area contributed by atoms with Crippen LogP contribution in [0.4, 0.5) is 4.79 Å². The molecule has 0 radical (unpaired) electrons. The van der Waals surface area contributed by atoms with E-state index in [1.807, 2.05) is 45.0 Å². The summed E-state index contributed by atoms with van der Waals surface area (Å²) in [7, 11) is 1.62. The molecule has 0 aromatic heterocycles. The van der Waals surface area contributed by atoms with Crippen LogP contribution in [0.25, 0.3) is 0 Å². The van der Waals surface area contributed by atoms with E-state index in [4.69, 9.17) is 4.74 Å². The molecule has 9 heteroatoms. The second kappa shape index (κ2) is 9.64. The van der Waals surface area contributed by atoms with E-state index in [-0.39, 0.29) is 42.0 Å². The van der Waals surface area contributed by atoms with E-state index in [0.717, 1.165) is 18.1 Å². The Hall–Kier alpha value is -2.04. The normalized spacial score (nSPS) is 18.3. The molecule has 0 aliphatic carbocycles. The lowest BCUT2D eigenvalue weighted by Crippen LogP contribution is -2.57. The number of nitrogens with zero attached hydrogens (tertiary/aromatic N) is 3. The van der Waals surface area contributed by atoms with Gasteiger partial charge in [-0.1, -0.05) is 12.1 Å². The summed E-state index contributed by atoms with van der Waals surface area (Å²) in [5, 5.41) is 6.00. The van der Waals surface area contributed by atoms with Gasteiger partial charge in [-0.15, -0.1) is 24.0 Å². The fraction of sp³-hybridized carbons (Fsp3) is 0.550. The first-order chi connectivity index (χ1) is 13.3. The molecule has 1 fully saturated rings. The van der Waals surface area contributed by atoms with Gasteiger partial charge in [0.2, 0.25) is 0 Å². The Kier molecular flexibility index (Phi) is 7.73. The van der Waals surface area contributed by atoms with Gasteiger partial charge in [0, 0.05) is 38.8 Å². The molecule has 0 spiro atoms. The van der Waals surface area contributed by atoms with Crippen LogP contribution < -0.4 is 10.6 Å². The van der Waals surface area contributed by atoms with Crippen LogP contribution in [0.15, 0.2) is 29.3 Å². The summed E-state index contributed by atoms with van der Waals surface area (Å²) in [4.78, 5) is 32.5. The number of guanidine groups is 1. The van der Waals surface area contributed by atoms with E-state index < -0.39 is 5.60 Å². The first-order valence-corrected chi connectivity index (χ1v) is 9.61. The molecule has 29 heavy (non-hydrogen) atoms. The standard InChI is InChI=1S/C20H29N5O3.HI/c1-20(2,3)28-19(27)24-9-10-25-16(13-24)12-23-18(25)22-11-14-5-7-15(8-6-14)17(26)21-4;/h5-8,16H,9-13H2,1-4H3,(H,21,26)(H,22,23);1H. The van der Waals surface area contributed by atoms with Gasteiger partial charge in [-0.25, -0.2) is 4.79 Å². The molecule has 1 unspecified atom stereocenters. The fourth-order valence-corrected chi connectivity index (χ4v) is 3.32. The minimum absolute atomic E-state index is 0. The third-order valence-electron chi connectivity index (χ3n) is 4.75. The maximum absolute atomic E-state index is 12.3. The molecule has 1 atom stereocenters. The molecule has 2 aliphatic rings. The third-order valence-corrected chi connectivity index (χ3v) is 4.75. The highest BCUT2D eigenvalue weighted by Crippen LogP contribution is 2.19. The highest BCUT2D eigenvalue weighted by molar-refractivity contribution is 14.0. The van der Waals surface area contributed by atoms with Gasteiger partial charge < -0.3 is 25.2 Å². The molecule has 8 nitrogen and oxygen atoms in total. The number of nitrogens with one attached hydrogen (secondary N) is 2. The SMILES string of the molecule is CNC(=O)c1ccc(CNC2=NCC3CN(C(=O)OC(C)(C)C)CCN23)cc1.I. The van der Waals surface area contributed by atoms with Crippen molar-refractivity contribution in [1.29, 1.82) is 0 Å². The maximum Gasteiger partial charge on any atom is 0.410 e. The van der Waals surface area contributed by atoms with Crippen LogP contribution in [0.3, 0.4) is 0 Å². The average Bonchev–Trinajstić information content (AvgIpc) is 3.07. The quantitative estimate of drug-likeness (QED) is 0.603. The molecule has 1 saturated heterocycles. The topological polar surface area (TPSA) is 86.3 Å². The predicted molar refractivity (Wildman–Crippen MR) is 123 cm³/mol. The Morgan fingerprint density at radius 2 is 1.90 bits per heavy atom. The second-order valence-corrected chi connectivity index (χ2v) is 8.07. The zero-order valence-electron chi connectivity index (χ0n) is 17.4. The molecule has 1 aromatic rings. The molecule has 2 amide bonds. The Morgan fingerprint density at radius 1 is 1.21 bits per heavy atom. The number of halogens is 1. The Morgan fingerprint density at radius 3 is 2.52 bits per heavy atom. The van der Waals surface area contributed by atoms with E-state index in [2.05, 4.69) is 20.5 Å². The van der Waals surface area contributed by atoms with Crippen LogP contribution in [0.1, 0.15) is 36.7 Å². The second-order valence-electron chi connectivity index (χ2n) is 8.07. The van der Waals surface area contributed by atoms with E-state index in [1.165, 1.54) is 0 Å². The minimum atomic E-state index is -0.486. The lowest BCUT2D eigenvalue weighted by molar-refractivity contribution is 0.0137. The van der Waals surface area contributed by atoms with Gasteiger partial charge >= 0.3 is 6.09 Å². The van der Waals surface area contributed by atoms with Crippen molar-refractivity contribution in [3.8, 4) is 0 Å². The third kappa shape index (κ3) is 5.97. The van der Waals surface area contributed by atoms with Crippen molar-refractivity contribution in [1.82, 2.24) is 20.4 Å². The number of ether oxygens (including phenoxy) is 1. The number of piperazine rings is 1. The number of carbonyl (C=O) groups excluding carboxylic acids is 2. The number of carbonyl (C=O) groups is 2. The van der Waals surface area contributed by atoms with Crippen molar-refractivity contribution in [3.63, 3.8) is 0 Å². The first kappa shape index (κ1) is 23.2. The van der Waals surface area contributed by atoms with Gasteiger partial charge in [-0.05, 0) is 38.5 Å². The molecule has 2 heterocycles. The first-order valence-electron chi connectivity index (χ1n) is 9.61. The molecule has 0 saturated carbocycles. The lowest BCUT2D eigenvalue weighted by Gasteiger charge is -2.39. The predicted octanol–water partition coefficient (Wildman–Crippen LogP) is 2.04. The Labute approximate surface area is 189 Å². The van der Waals surface area contributed by atoms with Gasteiger partial charge in [0.25, 0.3) is 5.91 Å². The lowest BCUT2D eigenvalue weighted by atomic mass is 10.1. The van der Waals surface area contributed by atoms with Crippen LogP contribution in [-0.4, -0.2) is 72.6 Å². The highest BCUT2D eigenvalue weighted by Gasteiger charge is 2.36. The zero-order chi connectivity index (χ0) is 20.3. The van der Waals surface area contributed by atoms with Crippen LogP contribution >= 0.6 is 24.0 Å². The van der Waals surface area contributed by atoms with Crippen molar-refractivity contribution in [2.75, 3.05) is 33.2 Å². The van der Waals surface area contributed by atoms with Gasteiger partial charge in [-0.2, -0.15) is 0 Å². The fourth-order valence-electron chi connectivity index (χ4n) is 3.32. The Balaban J connectivity index is 0.00000300. The smallest absolute Gasteiger partial charge is 0.410 e. The van der Waals surface area contributed by atoms with E-state index in [0.29, 0.717) is 31.7 Å². The van der Waals surface area contributed by atoms with Crippen molar-refractivity contribution < 1.29 is 14.3 Å². The van der Waals surface area contributed by atoms with Gasteiger partial charge in [0.15, 0.2) is 5.96 Å². The average molecular weight is 515 g/mol. The summed E-state index contributed by atoms with van der Waals surface area (Å²) < 4.78 is 5.48. The molecule has 0 bridgehead atoms. The van der Waals surface area contributed by atoms with Crippen LogP contribution in [0.5, 0.6) is 0 Å². The summed E-state index contributed by atoms with van der Waals surface area (Å²) in [6, 6.07) is 7.68. The van der Waals surface area contributed by atoms with Gasteiger partial charge in [0.1, 0.15) is 5.60 Å². The summed E-state index contributed by atoms with van der Waals surface area (Å²) in [5.41, 5.74) is 1.23. The van der Waals surface area contributed by atoms with Crippen molar-refractivity contribution in [3.05, 3.63) is 35.4 Å². The number of aliphatic imine (C=N–C) groups is 1. The number of hydrogen-bond acceptors (Lipinski definition) is 6.